The molecule has 2 N–H and O–H groups in total. The van der Waals surface area contributed by atoms with E-state index in [0.717, 1.165) is 25.7 Å². The summed E-state index contributed by atoms with van der Waals surface area (Å²) in [4.78, 5) is 24.1. The van der Waals surface area contributed by atoms with Crippen molar-refractivity contribution in [1.29, 1.82) is 5.26 Å². The van der Waals surface area contributed by atoms with Crippen molar-refractivity contribution in [2.45, 2.75) is 74.9 Å². The van der Waals surface area contributed by atoms with Gasteiger partial charge in [-0.25, -0.2) is 9.89 Å². The second kappa shape index (κ2) is 7.68. The minimum atomic E-state index is -0.737. The van der Waals surface area contributed by atoms with Crippen LogP contribution in [0.25, 0.3) is 0 Å². The van der Waals surface area contributed by atoms with Gasteiger partial charge in [-0.1, -0.05) is 37.9 Å². The van der Waals surface area contributed by atoms with E-state index in [0.29, 0.717) is 24.5 Å². The number of nitrogens with zero attached hydrogens (tertiary/aromatic N) is 3. The summed E-state index contributed by atoms with van der Waals surface area (Å²) in [5, 5.41) is 18.8. The molecule has 1 aromatic heterocycles. The number of nitriles is 1. The third-order valence-electron chi connectivity index (χ3n) is 4.11. The van der Waals surface area contributed by atoms with Crippen LogP contribution in [0.1, 0.15) is 52.4 Å². The minimum absolute atomic E-state index is 0.183. The molecule has 0 aliphatic heterocycles. The Balaban J connectivity index is 2.03. The van der Waals surface area contributed by atoms with Gasteiger partial charge in [-0.15, -0.1) is 5.10 Å². The first-order valence-corrected chi connectivity index (χ1v) is 8.94. The van der Waals surface area contributed by atoms with E-state index >= 15 is 0 Å². The molecule has 1 aliphatic carbocycles. The van der Waals surface area contributed by atoms with Gasteiger partial charge in [0.15, 0.2) is 5.16 Å². The van der Waals surface area contributed by atoms with Crippen molar-refractivity contribution in [2.75, 3.05) is 0 Å². The molecule has 126 valence electrons. The van der Waals surface area contributed by atoms with Crippen LogP contribution in [0.4, 0.5) is 0 Å². The Kier molecular flexibility index (Phi) is 5.88. The topological polar surface area (TPSA) is 104 Å². The predicted molar refractivity (Wildman–Crippen MR) is 88.0 cm³/mol. The molecule has 1 fully saturated rings. The first-order valence-electron chi connectivity index (χ1n) is 8.06. The highest BCUT2D eigenvalue weighted by Gasteiger charge is 2.35. The standard InChI is InChI=1S/C15H23N5O2S/c1-3-9-20-13(22)18-19-14(20)23-11(2)12(21)17-15(10-16)7-5-4-6-8-15/h11H,3-9H2,1-2H3,(H,17,21)(H,18,22). The zero-order valence-corrected chi connectivity index (χ0v) is 14.4. The van der Waals surface area contributed by atoms with E-state index in [-0.39, 0.29) is 11.6 Å². The molecule has 1 aliphatic rings. The average molecular weight is 337 g/mol. The number of aromatic nitrogens is 3. The summed E-state index contributed by atoms with van der Waals surface area (Å²) in [6.07, 6.45) is 5.26. The lowest BCUT2D eigenvalue weighted by Gasteiger charge is -2.32. The quantitative estimate of drug-likeness (QED) is 0.770. The Bertz CT molecular complexity index is 639. The summed E-state index contributed by atoms with van der Waals surface area (Å²) in [5.41, 5.74) is -0.999. The summed E-state index contributed by atoms with van der Waals surface area (Å²) < 4.78 is 1.54. The Hall–Kier alpha value is -1.75. The van der Waals surface area contributed by atoms with Gasteiger partial charge in [0, 0.05) is 6.54 Å². The van der Waals surface area contributed by atoms with Crippen molar-refractivity contribution in [3.05, 3.63) is 10.5 Å². The summed E-state index contributed by atoms with van der Waals surface area (Å²) in [7, 11) is 0. The maximum atomic E-state index is 12.4. The van der Waals surface area contributed by atoms with Gasteiger partial charge in [-0.05, 0) is 26.2 Å². The molecule has 0 saturated heterocycles. The van der Waals surface area contributed by atoms with Gasteiger partial charge < -0.3 is 5.32 Å². The molecular weight excluding hydrogens is 314 g/mol. The summed E-state index contributed by atoms with van der Waals surface area (Å²) in [5.74, 6) is -0.183. The molecule has 1 unspecified atom stereocenters. The molecule has 1 amide bonds. The number of aromatic amines is 1. The fourth-order valence-electron chi connectivity index (χ4n) is 2.78. The van der Waals surface area contributed by atoms with E-state index in [1.165, 1.54) is 16.3 Å². The van der Waals surface area contributed by atoms with Gasteiger partial charge >= 0.3 is 5.69 Å². The van der Waals surface area contributed by atoms with E-state index in [2.05, 4.69) is 21.6 Å². The van der Waals surface area contributed by atoms with Gasteiger partial charge in [0.25, 0.3) is 0 Å². The lowest BCUT2D eigenvalue weighted by molar-refractivity contribution is -0.121. The van der Waals surface area contributed by atoms with Crippen LogP contribution >= 0.6 is 11.8 Å². The van der Waals surface area contributed by atoms with Crippen molar-refractivity contribution in [3.63, 3.8) is 0 Å². The van der Waals surface area contributed by atoms with Gasteiger partial charge in [0.1, 0.15) is 5.54 Å². The molecule has 0 bridgehead atoms. The highest BCUT2D eigenvalue weighted by atomic mass is 32.2. The number of rotatable bonds is 6. The second-order valence-corrected chi connectivity index (χ2v) is 7.27. The molecule has 8 heteroatoms. The van der Waals surface area contributed by atoms with Crippen molar-refractivity contribution in [2.24, 2.45) is 0 Å². The maximum absolute atomic E-state index is 12.4. The van der Waals surface area contributed by atoms with Crippen LogP contribution in [0.15, 0.2) is 9.95 Å². The van der Waals surface area contributed by atoms with Crippen LogP contribution < -0.4 is 11.0 Å². The van der Waals surface area contributed by atoms with Gasteiger partial charge in [-0.2, -0.15) is 5.26 Å². The van der Waals surface area contributed by atoms with Crippen molar-refractivity contribution in [1.82, 2.24) is 20.1 Å². The van der Waals surface area contributed by atoms with E-state index in [4.69, 9.17) is 0 Å². The molecule has 2 rings (SSSR count). The third kappa shape index (κ3) is 4.16. The van der Waals surface area contributed by atoms with Gasteiger partial charge in [0.2, 0.25) is 5.91 Å². The molecular formula is C15H23N5O2S. The highest BCUT2D eigenvalue weighted by molar-refractivity contribution is 8.00. The van der Waals surface area contributed by atoms with E-state index in [1.54, 1.807) is 6.92 Å². The first kappa shape index (κ1) is 17.6. The maximum Gasteiger partial charge on any atom is 0.343 e. The predicted octanol–water partition coefficient (Wildman–Crippen LogP) is 1.80. The van der Waals surface area contributed by atoms with Crippen LogP contribution in [0.5, 0.6) is 0 Å². The molecule has 0 spiro atoms. The third-order valence-corrected chi connectivity index (χ3v) is 5.20. The summed E-state index contributed by atoms with van der Waals surface area (Å²) >= 11 is 1.24. The molecule has 0 aromatic carbocycles. The van der Waals surface area contributed by atoms with Gasteiger partial charge in [0.05, 0.1) is 11.3 Å². The van der Waals surface area contributed by atoms with Crippen molar-refractivity contribution < 1.29 is 4.79 Å². The van der Waals surface area contributed by atoms with E-state index in [1.807, 2.05) is 6.92 Å². The largest absolute Gasteiger partial charge is 0.343 e. The summed E-state index contributed by atoms with van der Waals surface area (Å²) in [6.45, 7) is 4.31. The molecule has 0 radical (unpaired) electrons. The molecule has 1 saturated carbocycles. The lowest BCUT2D eigenvalue weighted by atomic mass is 9.83. The Morgan fingerprint density at radius 2 is 2.22 bits per heavy atom. The van der Waals surface area contributed by atoms with Crippen LogP contribution in [-0.2, 0) is 11.3 Å². The lowest BCUT2D eigenvalue weighted by Crippen LogP contribution is -2.51. The fraction of sp³-hybridized carbons (Fsp3) is 0.733. The Morgan fingerprint density at radius 3 is 2.83 bits per heavy atom. The van der Waals surface area contributed by atoms with Crippen LogP contribution in [0, 0.1) is 11.3 Å². The van der Waals surface area contributed by atoms with E-state index < -0.39 is 10.8 Å². The Morgan fingerprint density at radius 1 is 1.52 bits per heavy atom. The molecule has 23 heavy (non-hydrogen) atoms. The number of amides is 1. The van der Waals surface area contributed by atoms with Crippen molar-refractivity contribution >= 4 is 17.7 Å². The van der Waals surface area contributed by atoms with Crippen molar-refractivity contribution in [3.8, 4) is 6.07 Å². The second-order valence-electron chi connectivity index (χ2n) is 5.97. The van der Waals surface area contributed by atoms with Crippen LogP contribution in [-0.4, -0.2) is 31.5 Å². The number of nitrogens with one attached hydrogen (secondary N) is 2. The average Bonchev–Trinajstić information content (AvgIpc) is 2.89. The molecule has 1 heterocycles. The van der Waals surface area contributed by atoms with Crippen LogP contribution in [0.3, 0.4) is 0 Å². The number of thioether (sulfide) groups is 1. The Labute approximate surface area is 139 Å². The number of carbonyl (C=O) groups excluding carboxylic acids is 1. The molecule has 7 nitrogen and oxygen atoms in total. The zero-order chi connectivity index (χ0) is 16.9. The minimum Gasteiger partial charge on any atom is -0.337 e. The number of carbonyl (C=O) groups is 1. The highest BCUT2D eigenvalue weighted by Crippen LogP contribution is 2.29. The monoisotopic (exact) mass is 337 g/mol. The van der Waals surface area contributed by atoms with Gasteiger partial charge in [-0.3, -0.25) is 9.36 Å². The number of hydrogen-bond acceptors (Lipinski definition) is 5. The van der Waals surface area contributed by atoms with E-state index in [9.17, 15) is 14.9 Å². The molecule has 1 atom stereocenters. The van der Waals surface area contributed by atoms with Crippen LogP contribution in [0.2, 0.25) is 0 Å². The summed E-state index contributed by atoms with van der Waals surface area (Å²) in [6, 6.07) is 2.28. The number of H-pyrrole nitrogens is 1. The SMILES string of the molecule is CCCn1c(SC(C)C(=O)NC2(C#N)CCCCC2)n[nH]c1=O. The zero-order valence-electron chi connectivity index (χ0n) is 13.6. The first-order chi connectivity index (χ1) is 11.0. The smallest absolute Gasteiger partial charge is 0.337 e. The number of hydrogen-bond donors (Lipinski definition) is 2. The molecule has 1 aromatic rings. The normalized spacial score (nSPS) is 18.1. The fourth-order valence-corrected chi connectivity index (χ4v) is 3.67.